The molecule has 0 aliphatic heterocycles. The van der Waals surface area contributed by atoms with E-state index in [4.69, 9.17) is 14.2 Å². The van der Waals surface area contributed by atoms with Crippen LogP contribution in [-0.4, -0.2) is 37.2 Å². The molecule has 0 rings (SSSR count). The number of allylic oxidation sites excluding steroid dienone is 12. The van der Waals surface area contributed by atoms with Gasteiger partial charge in [0, 0.05) is 19.3 Å². The van der Waals surface area contributed by atoms with Gasteiger partial charge in [0.2, 0.25) is 0 Å². The maximum atomic E-state index is 12.9. The van der Waals surface area contributed by atoms with Crippen LogP contribution in [0, 0.1) is 0 Å². The lowest BCUT2D eigenvalue weighted by Gasteiger charge is -2.18. The Balaban J connectivity index is 4.04. The average Bonchev–Trinajstić information content (AvgIpc) is 3.48. The predicted molar refractivity (Wildman–Crippen MR) is 358 cm³/mol. The summed E-state index contributed by atoms with van der Waals surface area (Å²) in [5.41, 5.74) is 0. The molecule has 0 saturated heterocycles. The maximum absolute atomic E-state index is 12.9. The zero-order chi connectivity index (χ0) is 59.2. The van der Waals surface area contributed by atoms with Crippen LogP contribution in [-0.2, 0) is 28.6 Å². The molecule has 0 bridgehead atoms. The molecule has 0 fully saturated rings. The third kappa shape index (κ3) is 67.6. The molecular weight excluding hydrogens is 1010 g/mol. The van der Waals surface area contributed by atoms with Gasteiger partial charge in [0.1, 0.15) is 13.2 Å². The maximum Gasteiger partial charge on any atom is 0.306 e. The van der Waals surface area contributed by atoms with Crippen molar-refractivity contribution in [2.24, 2.45) is 0 Å². The minimum absolute atomic E-state index is 0.0705. The van der Waals surface area contributed by atoms with E-state index >= 15 is 0 Å². The first-order valence-electron chi connectivity index (χ1n) is 35.9. The number of ether oxygens (including phenoxy) is 3. The number of carbonyl (C=O) groups excluding carboxylic acids is 3. The molecule has 0 aromatic rings. The van der Waals surface area contributed by atoms with Gasteiger partial charge >= 0.3 is 17.9 Å². The SMILES string of the molecule is CC/C=C\C/C=C\C/C=C\C/C=C\C/C=C\C/C=C\CCCCCCCCCCCCCCC(=O)OCC(COC(=O)CCCCCCCCC)OC(=O)CCCCCCCCCCCCCCCCCCCCCCCCCCCC. The second-order valence-electron chi connectivity index (χ2n) is 24.1. The van der Waals surface area contributed by atoms with Gasteiger partial charge in [-0.05, 0) is 70.6 Å². The molecule has 0 amide bonds. The Hall–Kier alpha value is -3.15. The van der Waals surface area contributed by atoms with Crippen molar-refractivity contribution in [1.82, 2.24) is 0 Å². The van der Waals surface area contributed by atoms with Crippen molar-refractivity contribution in [3.05, 3.63) is 72.9 Å². The molecule has 1 unspecified atom stereocenters. The van der Waals surface area contributed by atoms with Crippen LogP contribution in [0.5, 0.6) is 0 Å². The largest absolute Gasteiger partial charge is 0.462 e. The fourth-order valence-corrected chi connectivity index (χ4v) is 10.6. The summed E-state index contributed by atoms with van der Waals surface area (Å²) in [7, 11) is 0. The van der Waals surface area contributed by atoms with Crippen LogP contribution in [0.3, 0.4) is 0 Å². The van der Waals surface area contributed by atoms with Crippen LogP contribution in [0.25, 0.3) is 0 Å². The standard InChI is InChI=1S/C76H136O6/c1-4-7-10-13-16-18-20-22-24-26-28-30-32-34-36-37-38-39-40-42-43-45-47-49-51-53-55-57-60-63-66-69-75(78)81-72-73(71-80-74(77)68-65-62-59-15-12-9-6-3)82-76(79)70-67-64-61-58-56-54-52-50-48-46-44-41-35-33-31-29-27-25-23-21-19-17-14-11-8-5-2/h7,10,16,18,22,24,28,30,34,36,38-39,73H,4-6,8-9,11-15,17,19-21,23,25-27,29,31-33,35,37,40-72H2,1-3H3/b10-7-,18-16-,24-22-,30-28-,36-34-,39-38-. The van der Waals surface area contributed by atoms with Crippen LogP contribution in [0.15, 0.2) is 72.9 Å². The summed E-state index contributed by atoms with van der Waals surface area (Å²) < 4.78 is 16.9. The number of rotatable bonds is 66. The lowest BCUT2D eigenvalue weighted by molar-refractivity contribution is -0.167. The van der Waals surface area contributed by atoms with Gasteiger partial charge in [-0.2, -0.15) is 0 Å². The van der Waals surface area contributed by atoms with E-state index in [0.717, 1.165) is 96.3 Å². The second-order valence-corrected chi connectivity index (χ2v) is 24.1. The fraction of sp³-hybridized carbons (Fsp3) is 0.803. The van der Waals surface area contributed by atoms with Crippen LogP contribution >= 0.6 is 0 Å². The van der Waals surface area contributed by atoms with E-state index in [-0.39, 0.29) is 31.1 Å². The summed E-state index contributed by atoms with van der Waals surface area (Å²) in [6.07, 6.45) is 92.5. The molecule has 6 nitrogen and oxygen atoms in total. The van der Waals surface area contributed by atoms with E-state index in [9.17, 15) is 14.4 Å². The lowest BCUT2D eigenvalue weighted by atomic mass is 10.0. The summed E-state index contributed by atoms with van der Waals surface area (Å²) in [6.45, 7) is 6.54. The van der Waals surface area contributed by atoms with Gasteiger partial charge in [0.25, 0.3) is 0 Å². The Morgan fingerprint density at radius 3 is 0.744 bits per heavy atom. The van der Waals surface area contributed by atoms with E-state index in [0.29, 0.717) is 19.3 Å². The molecule has 0 aliphatic rings. The average molecular weight is 1150 g/mol. The first kappa shape index (κ1) is 78.8. The van der Waals surface area contributed by atoms with E-state index in [1.54, 1.807) is 0 Å². The van der Waals surface area contributed by atoms with E-state index in [1.807, 2.05) is 0 Å². The fourth-order valence-electron chi connectivity index (χ4n) is 10.6. The molecule has 0 radical (unpaired) electrons. The third-order valence-corrected chi connectivity index (χ3v) is 16.0. The molecule has 0 N–H and O–H groups in total. The summed E-state index contributed by atoms with van der Waals surface area (Å²) >= 11 is 0. The molecule has 0 aromatic carbocycles. The van der Waals surface area contributed by atoms with Crippen LogP contribution in [0.2, 0.25) is 0 Å². The van der Waals surface area contributed by atoms with Crippen LogP contribution in [0.1, 0.15) is 374 Å². The summed E-state index contributed by atoms with van der Waals surface area (Å²) in [6, 6.07) is 0. The molecule has 0 saturated carbocycles. The van der Waals surface area contributed by atoms with E-state index < -0.39 is 6.10 Å². The zero-order valence-electron chi connectivity index (χ0n) is 54.8. The molecule has 82 heavy (non-hydrogen) atoms. The van der Waals surface area contributed by atoms with E-state index in [2.05, 4.69) is 93.7 Å². The zero-order valence-corrected chi connectivity index (χ0v) is 54.8. The van der Waals surface area contributed by atoms with Gasteiger partial charge in [-0.1, -0.05) is 357 Å². The molecule has 476 valence electrons. The number of unbranched alkanes of at least 4 members (excludes halogenated alkanes) is 43. The first-order chi connectivity index (χ1) is 40.5. The molecular formula is C76H136O6. The molecule has 1 atom stereocenters. The van der Waals surface area contributed by atoms with Crippen molar-refractivity contribution in [2.75, 3.05) is 13.2 Å². The number of hydrogen-bond acceptors (Lipinski definition) is 6. The first-order valence-corrected chi connectivity index (χ1v) is 35.9. The normalized spacial score (nSPS) is 12.5. The molecule has 0 spiro atoms. The Morgan fingerprint density at radius 1 is 0.256 bits per heavy atom. The van der Waals surface area contributed by atoms with Gasteiger partial charge in [0.15, 0.2) is 6.10 Å². The van der Waals surface area contributed by atoms with Gasteiger partial charge in [-0.15, -0.1) is 0 Å². The minimum atomic E-state index is -0.771. The van der Waals surface area contributed by atoms with Gasteiger partial charge in [-0.25, -0.2) is 0 Å². The Labute approximate surface area is 510 Å². The molecule has 0 aliphatic carbocycles. The van der Waals surface area contributed by atoms with Gasteiger partial charge in [0.05, 0.1) is 0 Å². The number of esters is 3. The predicted octanol–water partition coefficient (Wildman–Crippen LogP) is 24.8. The van der Waals surface area contributed by atoms with Crippen molar-refractivity contribution in [3.8, 4) is 0 Å². The number of hydrogen-bond donors (Lipinski definition) is 0. The monoisotopic (exact) mass is 1150 g/mol. The van der Waals surface area contributed by atoms with Crippen molar-refractivity contribution in [1.29, 1.82) is 0 Å². The molecule has 0 aromatic heterocycles. The van der Waals surface area contributed by atoms with Crippen LogP contribution in [0.4, 0.5) is 0 Å². The topological polar surface area (TPSA) is 78.9 Å². The number of carbonyl (C=O) groups is 3. The Bertz CT molecular complexity index is 1500. The summed E-state index contributed by atoms with van der Waals surface area (Å²) in [4.78, 5) is 38.2. The lowest BCUT2D eigenvalue weighted by Crippen LogP contribution is -2.30. The molecule has 6 heteroatoms. The Kier molecular flexibility index (Phi) is 67.6. The van der Waals surface area contributed by atoms with Gasteiger partial charge in [-0.3, -0.25) is 14.4 Å². The van der Waals surface area contributed by atoms with Gasteiger partial charge < -0.3 is 14.2 Å². The quantitative estimate of drug-likeness (QED) is 0.0261. The van der Waals surface area contributed by atoms with Crippen molar-refractivity contribution in [3.63, 3.8) is 0 Å². The van der Waals surface area contributed by atoms with Crippen molar-refractivity contribution in [2.45, 2.75) is 380 Å². The van der Waals surface area contributed by atoms with Crippen LogP contribution < -0.4 is 0 Å². The highest BCUT2D eigenvalue weighted by Crippen LogP contribution is 2.18. The highest BCUT2D eigenvalue weighted by atomic mass is 16.6. The summed E-state index contributed by atoms with van der Waals surface area (Å²) in [5, 5.41) is 0. The van der Waals surface area contributed by atoms with Crippen molar-refractivity contribution < 1.29 is 28.6 Å². The summed E-state index contributed by atoms with van der Waals surface area (Å²) in [5.74, 6) is -0.857. The highest BCUT2D eigenvalue weighted by Gasteiger charge is 2.19. The Morgan fingerprint density at radius 2 is 0.476 bits per heavy atom. The third-order valence-electron chi connectivity index (χ3n) is 16.0. The van der Waals surface area contributed by atoms with E-state index in [1.165, 1.54) is 238 Å². The highest BCUT2D eigenvalue weighted by molar-refractivity contribution is 5.71. The second kappa shape index (κ2) is 70.3. The minimum Gasteiger partial charge on any atom is -0.462 e. The molecule has 0 heterocycles. The van der Waals surface area contributed by atoms with Crippen molar-refractivity contribution >= 4 is 17.9 Å². The smallest absolute Gasteiger partial charge is 0.306 e.